The van der Waals surface area contributed by atoms with Crippen molar-refractivity contribution in [1.82, 2.24) is 0 Å². The highest BCUT2D eigenvalue weighted by Gasteiger charge is 2.31. The van der Waals surface area contributed by atoms with Crippen LogP contribution in [0.4, 0.5) is 17.1 Å². The number of hydrogen-bond donors (Lipinski definition) is 2. The van der Waals surface area contributed by atoms with Crippen molar-refractivity contribution in [3.63, 3.8) is 0 Å². The van der Waals surface area contributed by atoms with Crippen molar-refractivity contribution in [2.75, 3.05) is 28.2 Å². The first-order valence-electron chi connectivity index (χ1n) is 12.9. The number of aliphatic carboxylic acids is 1. The van der Waals surface area contributed by atoms with Crippen LogP contribution in [0.25, 0.3) is 11.1 Å². The van der Waals surface area contributed by atoms with Crippen LogP contribution in [0.1, 0.15) is 32.7 Å². The number of carboxylic acids is 1. The Morgan fingerprint density at radius 2 is 1.61 bits per heavy atom. The molecule has 0 aromatic heterocycles. The van der Waals surface area contributed by atoms with Gasteiger partial charge in [0.05, 0.1) is 11.4 Å². The van der Waals surface area contributed by atoms with E-state index in [2.05, 4.69) is 5.32 Å². The second-order valence-corrected chi connectivity index (χ2v) is 10.1. The number of benzene rings is 4. The van der Waals surface area contributed by atoms with Gasteiger partial charge in [-0.3, -0.25) is 24.1 Å². The number of halogens is 1. The topological polar surface area (TPSA) is 107 Å². The SMILES string of the molecule is Cc1ccc(-c2ccccc2C(=O)Nc2ccc(C(=O)N3CCC(=O)N(CC(=O)O)c4cc(Cl)ccc43)cc2)cc1. The predicted molar refractivity (Wildman–Crippen MR) is 159 cm³/mol. The lowest BCUT2D eigenvalue weighted by molar-refractivity contribution is -0.136. The van der Waals surface area contributed by atoms with E-state index in [-0.39, 0.29) is 30.5 Å². The minimum absolute atomic E-state index is 0.0557. The van der Waals surface area contributed by atoms with Crippen molar-refractivity contribution in [2.24, 2.45) is 0 Å². The second kappa shape index (κ2) is 11.7. The number of carbonyl (C=O) groups is 4. The molecule has 206 valence electrons. The summed E-state index contributed by atoms with van der Waals surface area (Å²) in [6, 6.07) is 26.5. The fourth-order valence-electron chi connectivity index (χ4n) is 4.77. The molecule has 41 heavy (non-hydrogen) atoms. The van der Waals surface area contributed by atoms with Crippen LogP contribution >= 0.6 is 11.6 Å². The van der Waals surface area contributed by atoms with Gasteiger partial charge < -0.3 is 15.3 Å². The number of carboxylic acid groups (broad SMARTS) is 1. The summed E-state index contributed by atoms with van der Waals surface area (Å²) in [5.41, 5.74) is 4.88. The van der Waals surface area contributed by atoms with Crippen LogP contribution in [0.3, 0.4) is 0 Å². The van der Waals surface area contributed by atoms with E-state index in [0.29, 0.717) is 27.5 Å². The molecule has 0 saturated heterocycles. The van der Waals surface area contributed by atoms with Crippen LogP contribution in [0, 0.1) is 6.92 Å². The summed E-state index contributed by atoms with van der Waals surface area (Å²) in [6.07, 6.45) is -0.0557. The van der Waals surface area contributed by atoms with Crippen molar-refractivity contribution in [1.29, 1.82) is 0 Å². The molecule has 1 aliphatic heterocycles. The summed E-state index contributed by atoms with van der Waals surface area (Å²) < 4.78 is 0. The van der Waals surface area contributed by atoms with Crippen molar-refractivity contribution >= 4 is 52.4 Å². The van der Waals surface area contributed by atoms with Gasteiger partial charge in [-0.25, -0.2) is 0 Å². The van der Waals surface area contributed by atoms with Gasteiger partial charge >= 0.3 is 5.97 Å². The Hall–Kier alpha value is -4.95. The summed E-state index contributed by atoms with van der Waals surface area (Å²) in [5.74, 6) is -2.25. The standard InChI is InChI=1S/C32H26ClN3O5/c1-20-6-8-21(9-7-20)25-4-2-3-5-26(25)31(40)34-24-13-10-22(11-14-24)32(41)35-17-16-29(37)36(19-30(38)39)28-18-23(33)12-15-27(28)35/h2-15,18H,16-17,19H2,1H3,(H,34,40)(H,38,39). The summed E-state index contributed by atoms with van der Waals surface area (Å²) >= 11 is 6.15. The highest BCUT2D eigenvalue weighted by atomic mass is 35.5. The van der Waals surface area contributed by atoms with E-state index in [0.717, 1.165) is 21.6 Å². The Morgan fingerprint density at radius 1 is 0.902 bits per heavy atom. The zero-order chi connectivity index (χ0) is 29.1. The third-order valence-corrected chi connectivity index (χ3v) is 7.07. The molecule has 0 atom stereocenters. The molecular formula is C32H26ClN3O5. The lowest BCUT2D eigenvalue weighted by Crippen LogP contribution is -2.35. The molecule has 9 heteroatoms. The highest BCUT2D eigenvalue weighted by molar-refractivity contribution is 6.31. The Balaban J connectivity index is 1.37. The first-order valence-corrected chi connectivity index (χ1v) is 13.3. The maximum Gasteiger partial charge on any atom is 0.323 e. The zero-order valence-electron chi connectivity index (χ0n) is 22.1. The van der Waals surface area contributed by atoms with E-state index in [1.165, 1.54) is 11.0 Å². The van der Waals surface area contributed by atoms with Gasteiger partial charge in [-0.05, 0) is 66.6 Å². The molecule has 4 aromatic carbocycles. The highest BCUT2D eigenvalue weighted by Crippen LogP contribution is 2.36. The summed E-state index contributed by atoms with van der Waals surface area (Å²) in [6.45, 7) is 1.53. The Morgan fingerprint density at radius 3 is 2.32 bits per heavy atom. The van der Waals surface area contributed by atoms with Crippen molar-refractivity contribution in [2.45, 2.75) is 13.3 Å². The van der Waals surface area contributed by atoms with Crippen LogP contribution in [0.5, 0.6) is 0 Å². The maximum atomic E-state index is 13.6. The Kier molecular flexibility index (Phi) is 7.85. The molecule has 5 rings (SSSR count). The number of nitrogens with one attached hydrogen (secondary N) is 1. The number of aryl methyl sites for hydroxylation is 1. The minimum Gasteiger partial charge on any atom is -0.480 e. The first kappa shape index (κ1) is 27.6. The second-order valence-electron chi connectivity index (χ2n) is 9.66. The van der Waals surface area contributed by atoms with Crippen molar-refractivity contribution < 1.29 is 24.3 Å². The molecule has 8 nitrogen and oxygen atoms in total. The number of rotatable bonds is 6. The van der Waals surface area contributed by atoms with E-state index >= 15 is 0 Å². The monoisotopic (exact) mass is 567 g/mol. The van der Waals surface area contributed by atoms with Gasteiger partial charge in [-0.1, -0.05) is 59.6 Å². The maximum absolute atomic E-state index is 13.6. The number of hydrogen-bond acceptors (Lipinski definition) is 4. The van der Waals surface area contributed by atoms with Gasteiger partial charge in [0.15, 0.2) is 0 Å². The third kappa shape index (κ3) is 5.97. The van der Waals surface area contributed by atoms with Gasteiger partial charge in [0, 0.05) is 34.8 Å². The zero-order valence-corrected chi connectivity index (χ0v) is 22.9. The fraction of sp³-hybridized carbons (Fsp3) is 0.125. The molecule has 1 aliphatic rings. The van der Waals surface area contributed by atoms with Crippen molar-refractivity contribution in [3.8, 4) is 11.1 Å². The molecule has 0 saturated carbocycles. The first-order chi connectivity index (χ1) is 19.7. The molecule has 0 fully saturated rings. The van der Waals surface area contributed by atoms with E-state index in [9.17, 15) is 24.3 Å². The van der Waals surface area contributed by atoms with Crippen LogP contribution in [0.2, 0.25) is 5.02 Å². The van der Waals surface area contributed by atoms with Crippen LogP contribution in [-0.4, -0.2) is 41.9 Å². The van der Waals surface area contributed by atoms with Gasteiger partial charge in [0.25, 0.3) is 11.8 Å². The molecule has 3 amide bonds. The Bertz CT molecular complexity index is 1650. The van der Waals surface area contributed by atoms with E-state index < -0.39 is 18.4 Å². The van der Waals surface area contributed by atoms with Crippen LogP contribution < -0.4 is 15.1 Å². The lowest BCUT2D eigenvalue weighted by atomic mass is 9.98. The van der Waals surface area contributed by atoms with Gasteiger partial charge in [0.1, 0.15) is 6.54 Å². The van der Waals surface area contributed by atoms with E-state index in [1.54, 1.807) is 42.5 Å². The molecule has 0 aliphatic carbocycles. The molecule has 0 bridgehead atoms. The summed E-state index contributed by atoms with van der Waals surface area (Å²) in [7, 11) is 0. The largest absolute Gasteiger partial charge is 0.480 e. The molecule has 0 spiro atoms. The molecule has 0 radical (unpaired) electrons. The Labute approximate surface area is 241 Å². The molecule has 4 aromatic rings. The van der Waals surface area contributed by atoms with E-state index in [1.807, 2.05) is 49.4 Å². The molecule has 2 N–H and O–H groups in total. The molecular weight excluding hydrogens is 542 g/mol. The summed E-state index contributed by atoms with van der Waals surface area (Å²) in [5, 5.41) is 12.5. The predicted octanol–water partition coefficient (Wildman–Crippen LogP) is 6.04. The average molecular weight is 568 g/mol. The number of nitrogens with zero attached hydrogens (tertiary/aromatic N) is 2. The number of fused-ring (bicyclic) bond motifs is 1. The minimum atomic E-state index is -1.18. The van der Waals surface area contributed by atoms with Crippen LogP contribution in [0.15, 0.2) is 91.0 Å². The molecule has 0 unspecified atom stereocenters. The normalized spacial score (nSPS) is 12.9. The lowest BCUT2D eigenvalue weighted by Gasteiger charge is -2.25. The average Bonchev–Trinajstić information content (AvgIpc) is 3.09. The summed E-state index contributed by atoms with van der Waals surface area (Å²) in [4.78, 5) is 53.5. The van der Waals surface area contributed by atoms with Gasteiger partial charge in [0.2, 0.25) is 5.91 Å². The quantitative estimate of drug-likeness (QED) is 0.295. The van der Waals surface area contributed by atoms with Gasteiger partial charge in [-0.2, -0.15) is 0 Å². The number of amides is 3. The smallest absolute Gasteiger partial charge is 0.323 e. The van der Waals surface area contributed by atoms with Crippen molar-refractivity contribution in [3.05, 3.63) is 113 Å². The fourth-order valence-corrected chi connectivity index (χ4v) is 4.94. The van der Waals surface area contributed by atoms with Crippen LogP contribution in [-0.2, 0) is 9.59 Å². The van der Waals surface area contributed by atoms with E-state index in [4.69, 9.17) is 11.6 Å². The molecule has 1 heterocycles. The third-order valence-electron chi connectivity index (χ3n) is 6.83. The van der Waals surface area contributed by atoms with Gasteiger partial charge in [-0.15, -0.1) is 0 Å². The number of carbonyl (C=O) groups excluding carboxylic acids is 3. The number of anilines is 3.